The topological polar surface area (TPSA) is 42.2 Å². The molecule has 0 amide bonds. The second kappa shape index (κ2) is 6.94. The van der Waals surface area contributed by atoms with Crippen LogP contribution in [-0.4, -0.2) is 14.6 Å². The maximum Gasteiger partial charge on any atom is 0.165 e. The van der Waals surface area contributed by atoms with Crippen molar-refractivity contribution >= 4 is 34.7 Å². The molecule has 4 nitrogen and oxygen atoms in total. The number of halogens is 3. The van der Waals surface area contributed by atoms with Crippen molar-refractivity contribution in [2.45, 2.75) is 6.54 Å². The quantitative estimate of drug-likeness (QED) is 0.506. The summed E-state index contributed by atoms with van der Waals surface area (Å²) in [5.41, 5.74) is 3.24. The summed E-state index contributed by atoms with van der Waals surface area (Å²) in [7, 11) is 0. The van der Waals surface area contributed by atoms with Gasteiger partial charge in [-0.25, -0.2) is 9.37 Å². The van der Waals surface area contributed by atoms with Crippen LogP contribution in [0.3, 0.4) is 0 Å². The fourth-order valence-electron chi connectivity index (χ4n) is 2.73. The van der Waals surface area contributed by atoms with Crippen LogP contribution in [0.1, 0.15) is 5.56 Å². The Bertz CT molecular complexity index is 1090. The molecule has 0 atom stereocenters. The van der Waals surface area contributed by atoms with Crippen molar-refractivity contribution in [2.24, 2.45) is 0 Å². The Balaban J connectivity index is 1.67. The maximum absolute atomic E-state index is 13.4. The Hall–Kier alpha value is -2.63. The van der Waals surface area contributed by atoms with Crippen LogP contribution < -0.4 is 5.32 Å². The summed E-state index contributed by atoms with van der Waals surface area (Å²) in [6.45, 7) is 0.594. The van der Waals surface area contributed by atoms with Crippen molar-refractivity contribution in [3.05, 3.63) is 82.4 Å². The highest BCUT2D eigenvalue weighted by molar-refractivity contribution is 6.31. The predicted molar refractivity (Wildman–Crippen MR) is 102 cm³/mol. The first-order chi connectivity index (χ1) is 12.6. The zero-order valence-corrected chi connectivity index (χ0v) is 15.0. The summed E-state index contributed by atoms with van der Waals surface area (Å²) in [6, 6.07) is 14.0. The summed E-state index contributed by atoms with van der Waals surface area (Å²) >= 11 is 11.9. The van der Waals surface area contributed by atoms with Crippen molar-refractivity contribution in [1.29, 1.82) is 0 Å². The molecule has 0 saturated carbocycles. The predicted octanol–water partition coefficient (Wildman–Crippen LogP) is 5.45. The molecule has 0 fully saturated rings. The molecule has 0 aliphatic carbocycles. The van der Waals surface area contributed by atoms with Gasteiger partial charge >= 0.3 is 0 Å². The van der Waals surface area contributed by atoms with E-state index in [1.165, 1.54) is 6.07 Å². The fourth-order valence-corrected chi connectivity index (χ4v) is 3.13. The van der Waals surface area contributed by atoms with Gasteiger partial charge in [0.2, 0.25) is 0 Å². The first-order valence-electron chi connectivity index (χ1n) is 7.88. The highest BCUT2D eigenvalue weighted by Gasteiger charge is 2.12. The third-order valence-corrected chi connectivity index (χ3v) is 4.52. The molecule has 0 bridgehead atoms. The lowest BCUT2D eigenvalue weighted by atomic mass is 10.1. The summed E-state index contributed by atoms with van der Waals surface area (Å²) in [6.07, 6.45) is 3.39. The molecule has 2 aromatic heterocycles. The summed E-state index contributed by atoms with van der Waals surface area (Å²) < 4.78 is 15.1. The van der Waals surface area contributed by atoms with Crippen LogP contribution in [0, 0.1) is 5.82 Å². The van der Waals surface area contributed by atoms with E-state index < -0.39 is 5.82 Å². The average molecular weight is 387 g/mol. The van der Waals surface area contributed by atoms with Gasteiger partial charge in [-0.1, -0.05) is 41.4 Å². The lowest BCUT2D eigenvalue weighted by molar-refractivity contribution is 0.628. The van der Waals surface area contributed by atoms with Crippen LogP contribution in [-0.2, 0) is 6.54 Å². The zero-order chi connectivity index (χ0) is 18.1. The first kappa shape index (κ1) is 16.8. The van der Waals surface area contributed by atoms with Gasteiger partial charge in [-0.15, -0.1) is 0 Å². The van der Waals surface area contributed by atoms with Crippen molar-refractivity contribution < 1.29 is 4.39 Å². The van der Waals surface area contributed by atoms with Gasteiger partial charge in [0, 0.05) is 23.3 Å². The maximum atomic E-state index is 13.4. The minimum Gasteiger partial charge on any atom is -0.366 e. The molecule has 0 aliphatic rings. The molecule has 1 N–H and O–H groups in total. The molecule has 0 radical (unpaired) electrons. The molecule has 0 spiro atoms. The molecule has 2 aromatic carbocycles. The number of fused-ring (bicyclic) bond motifs is 1. The van der Waals surface area contributed by atoms with Crippen LogP contribution in [0.2, 0.25) is 10.0 Å². The van der Waals surface area contributed by atoms with Gasteiger partial charge in [0.05, 0.1) is 11.2 Å². The lowest BCUT2D eigenvalue weighted by Gasteiger charge is -2.09. The van der Waals surface area contributed by atoms with Gasteiger partial charge in [0.1, 0.15) is 11.6 Å². The molecule has 4 rings (SSSR count). The third kappa shape index (κ3) is 3.23. The summed E-state index contributed by atoms with van der Waals surface area (Å²) in [5.74, 6) is 0.332. The van der Waals surface area contributed by atoms with E-state index in [0.29, 0.717) is 17.2 Å². The molecule has 26 heavy (non-hydrogen) atoms. The van der Waals surface area contributed by atoms with E-state index in [1.54, 1.807) is 29.0 Å². The molecule has 0 unspecified atom stereocenters. The summed E-state index contributed by atoms with van der Waals surface area (Å²) in [5, 5.41) is 8.50. The molecule has 4 aromatic rings. The number of nitrogens with one attached hydrogen (secondary N) is 1. The molecule has 0 saturated heterocycles. The van der Waals surface area contributed by atoms with Gasteiger partial charge in [-0.05, 0) is 41.5 Å². The Kier molecular flexibility index (Phi) is 4.49. The first-order valence-corrected chi connectivity index (χ1v) is 8.64. The SMILES string of the molecule is Fc1ccc(-c2cnn3c(NCc4cccc(Cl)c4)ccnc23)cc1Cl. The minimum atomic E-state index is -0.455. The number of rotatable bonds is 4. The number of hydrogen-bond donors (Lipinski definition) is 1. The van der Waals surface area contributed by atoms with Crippen molar-refractivity contribution in [3.8, 4) is 11.1 Å². The van der Waals surface area contributed by atoms with E-state index in [-0.39, 0.29) is 5.02 Å². The largest absolute Gasteiger partial charge is 0.366 e. The molecule has 0 aliphatic heterocycles. The van der Waals surface area contributed by atoms with E-state index >= 15 is 0 Å². The fraction of sp³-hybridized carbons (Fsp3) is 0.0526. The summed E-state index contributed by atoms with van der Waals surface area (Å²) in [4.78, 5) is 4.40. The molecular weight excluding hydrogens is 374 g/mol. The van der Waals surface area contributed by atoms with Crippen LogP contribution in [0.25, 0.3) is 16.8 Å². The number of aromatic nitrogens is 3. The number of benzene rings is 2. The van der Waals surface area contributed by atoms with Crippen LogP contribution >= 0.6 is 23.2 Å². The van der Waals surface area contributed by atoms with Gasteiger partial charge in [-0.3, -0.25) is 0 Å². The number of nitrogens with zero attached hydrogens (tertiary/aromatic N) is 3. The Morgan fingerprint density at radius 2 is 1.96 bits per heavy atom. The van der Waals surface area contributed by atoms with E-state index in [4.69, 9.17) is 23.2 Å². The van der Waals surface area contributed by atoms with Gasteiger partial charge in [-0.2, -0.15) is 9.61 Å². The van der Waals surface area contributed by atoms with Gasteiger partial charge < -0.3 is 5.32 Å². The van der Waals surface area contributed by atoms with Gasteiger partial charge in [0.15, 0.2) is 5.65 Å². The van der Waals surface area contributed by atoms with E-state index in [2.05, 4.69) is 15.4 Å². The molecular formula is C19H13Cl2FN4. The van der Waals surface area contributed by atoms with Crippen LogP contribution in [0.4, 0.5) is 10.2 Å². The average Bonchev–Trinajstić information content (AvgIpc) is 3.07. The molecule has 2 heterocycles. The lowest BCUT2D eigenvalue weighted by Crippen LogP contribution is -2.05. The zero-order valence-electron chi connectivity index (χ0n) is 13.5. The number of anilines is 1. The van der Waals surface area contributed by atoms with Crippen molar-refractivity contribution in [2.75, 3.05) is 5.32 Å². The van der Waals surface area contributed by atoms with Crippen LogP contribution in [0.15, 0.2) is 60.9 Å². The second-order valence-corrected chi connectivity index (χ2v) is 6.58. The third-order valence-electron chi connectivity index (χ3n) is 3.99. The van der Waals surface area contributed by atoms with E-state index in [9.17, 15) is 4.39 Å². The van der Waals surface area contributed by atoms with E-state index in [0.717, 1.165) is 22.5 Å². The van der Waals surface area contributed by atoms with Gasteiger partial charge in [0.25, 0.3) is 0 Å². The van der Waals surface area contributed by atoms with E-state index in [1.807, 2.05) is 30.3 Å². The highest BCUT2D eigenvalue weighted by Crippen LogP contribution is 2.28. The Morgan fingerprint density at radius 1 is 1.08 bits per heavy atom. The standard InChI is InChI=1S/C19H13Cl2FN4/c20-14-3-1-2-12(8-14)10-24-18-6-7-23-19-15(11-25-26(18)19)13-4-5-17(22)16(21)9-13/h1-9,11,24H,10H2. The second-order valence-electron chi connectivity index (χ2n) is 5.74. The monoisotopic (exact) mass is 386 g/mol. The normalized spacial score (nSPS) is 11.0. The Morgan fingerprint density at radius 3 is 2.77 bits per heavy atom. The molecule has 7 heteroatoms. The highest BCUT2D eigenvalue weighted by atomic mass is 35.5. The minimum absolute atomic E-state index is 0.0667. The smallest absolute Gasteiger partial charge is 0.165 e. The Labute approximate surface area is 159 Å². The van der Waals surface area contributed by atoms with Crippen molar-refractivity contribution in [3.63, 3.8) is 0 Å². The number of hydrogen-bond acceptors (Lipinski definition) is 3. The van der Waals surface area contributed by atoms with Crippen molar-refractivity contribution in [1.82, 2.24) is 14.6 Å². The molecule has 130 valence electrons. The van der Waals surface area contributed by atoms with Crippen LogP contribution in [0.5, 0.6) is 0 Å².